The average Bonchev–Trinajstić information content (AvgIpc) is 3.49. The summed E-state index contributed by atoms with van der Waals surface area (Å²) in [6.45, 7) is 0. The molecule has 0 unspecified atom stereocenters. The maximum atomic E-state index is 15.8. The molecule has 8 nitrogen and oxygen atoms in total. The molecular weight excluding hydrogens is 556 g/mol. The lowest BCUT2D eigenvalue weighted by molar-refractivity contribution is -0.274. The summed E-state index contributed by atoms with van der Waals surface area (Å²) >= 11 is 0. The van der Waals surface area contributed by atoms with E-state index in [1.807, 2.05) is 0 Å². The summed E-state index contributed by atoms with van der Waals surface area (Å²) in [6, 6.07) is 6.57. The molecule has 40 heavy (non-hydrogen) atoms. The Morgan fingerprint density at radius 2 is 1.75 bits per heavy atom. The third-order valence-corrected chi connectivity index (χ3v) is 6.21. The number of pyridine rings is 1. The van der Waals surface area contributed by atoms with Crippen molar-refractivity contribution in [1.82, 2.24) is 25.6 Å². The van der Waals surface area contributed by atoms with Gasteiger partial charge >= 0.3 is 12.5 Å². The van der Waals surface area contributed by atoms with Gasteiger partial charge in [0.2, 0.25) is 5.91 Å². The standard InChI is InChI=1S/C24H14F8N6O2/c25-15-9-12(40-24(30,31)32)2-4-14(15)22(7-8-22)21(39)34-16-5-3-13(18(19(16)26)20-35-37-38-36-20)11-1-6-17(33-10-11)23(27,28)29/h1-6,9-10H,7-8H2,(H,34,39)(H,35,36,37,38). The van der Waals surface area contributed by atoms with Crippen LogP contribution in [0.2, 0.25) is 0 Å². The summed E-state index contributed by atoms with van der Waals surface area (Å²) in [5, 5.41) is 15.1. The summed E-state index contributed by atoms with van der Waals surface area (Å²) < 4.78 is 110. The van der Waals surface area contributed by atoms with E-state index < -0.39 is 46.9 Å². The van der Waals surface area contributed by atoms with Gasteiger partial charge < -0.3 is 10.1 Å². The highest BCUT2D eigenvalue weighted by Crippen LogP contribution is 2.51. The Balaban J connectivity index is 1.47. The number of carbonyl (C=O) groups is 1. The predicted molar refractivity (Wildman–Crippen MR) is 120 cm³/mol. The molecular formula is C24H14F8N6O2. The van der Waals surface area contributed by atoms with Gasteiger partial charge in [0.15, 0.2) is 11.6 Å². The van der Waals surface area contributed by atoms with Gasteiger partial charge in [0.1, 0.15) is 17.3 Å². The lowest BCUT2D eigenvalue weighted by Gasteiger charge is -2.19. The van der Waals surface area contributed by atoms with Crippen molar-refractivity contribution >= 4 is 11.6 Å². The van der Waals surface area contributed by atoms with Crippen LogP contribution >= 0.6 is 0 Å². The second-order valence-corrected chi connectivity index (χ2v) is 8.76. The Kier molecular flexibility index (Phi) is 6.42. The third-order valence-electron chi connectivity index (χ3n) is 6.21. The lowest BCUT2D eigenvalue weighted by Crippen LogP contribution is -2.29. The van der Waals surface area contributed by atoms with Crippen LogP contribution in [0, 0.1) is 11.6 Å². The average molecular weight is 570 g/mol. The number of tetrazole rings is 1. The van der Waals surface area contributed by atoms with Crippen LogP contribution in [0.25, 0.3) is 22.5 Å². The molecule has 0 radical (unpaired) electrons. The maximum absolute atomic E-state index is 15.8. The van der Waals surface area contributed by atoms with Crippen molar-refractivity contribution in [1.29, 1.82) is 0 Å². The molecule has 0 bridgehead atoms. The topological polar surface area (TPSA) is 106 Å². The number of nitrogens with zero attached hydrogens (tertiary/aromatic N) is 4. The van der Waals surface area contributed by atoms with E-state index in [2.05, 4.69) is 35.7 Å². The van der Waals surface area contributed by atoms with Crippen LogP contribution in [0.3, 0.4) is 0 Å². The number of aromatic nitrogens is 5. The number of amides is 1. The molecule has 0 spiro atoms. The Morgan fingerprint density at radius 3 is 2.30 bits per heavy atom. The Labute approximate surface area is 218 Å². The first-order valence-corrected chi connectivity index (χ1v) is 11.3. The molecule has 16 heteroatoms. The molecule has 2 heterocycles. The van der Waals surface area contributed by atoms with Crippen LogP contribution in [0.4, 0.5) is 40.8 Å². The zero-order valence-electron chi connectivity index (χ0n) is 19.7. The number of nitrogens with one attached hydrogen (secondary N) is 2. The number of ether oxygens (including phenoxy) is 1. The zero-order valence-corrected chi connectivity index (χ0v) is 19.7. The first-order valence-electron chi connectivity index (χ1n) is 11.3. The molecule has 1 saturated carbocycles. The molecule has 1 aliphatic carbocycles. The van der Waals surface area contributed by atoms with Gasteiger partial charge in [0.25, 0.3) is 0 Å². The van der Waals surface area contributed by atoms with Gasteiger partial charge in [-0.25, -0.2) is 13.9 Å². The third kappa shape index (κ3) is 5.15. The number of carbonyl (C=O) groups excluding carboxylic acids is 1. The van der Waals surface area contributed by atoms with Crippen LogP contribution in [0.1, 0.15) is 24.1 Å². The van der Waals surface area contributed by atoms with Gasteiger partial charge in [-0.2, -0.15) is 13.2 Å². The smallest absolute Gasteiger partial charge is 0.406 e. The Morgan fingerprint density at radius 1 is 1.00 bits per heavy atom. The molecule has 2 aromatic heterocycles. The van der Waals surface area contributed by atoms with Gasteiger partial charge in [-0.3, -0.25) is 9.78 Å². The fourth-order valence-corrected chi connectivity index (χ4v) is 4.20. The first-order chi connectivity index (χ1) is 18.8. The minimum atomic E-state index is -5.04. The molecule has 0 atom stereocenters. The Bertz CT molecular complexity index is 1570. The van der Waals surface area contributed by atoms with Crippen molar-refractivity contribution in [3.8, 4) is 28.3 Å². The summed E-state index contributed by atoms with van der Waals surface area (Å²) in [7, 11) is 0. The first kappa shape index (κ1) is 27.0. The van der Waals surface area contributed by atoms with E-state index in [-0.39, 0.29) is 46.6 Å². The van der Waals surface area contributed by atoms with E-state index in [0.29, 0.717) is 12.1 Å². The van der Waals surface area contributed by atoms with Crippen molar-refractivity contribution < 1.29 is 44.7 Å². The Hall–Kier alpha value is -4.63. The number of H-pyrrole nitrogens is 1. The van der Waals surface area contributed by atoms with Gasteiger partial charge in [-0.05, 0) is 47.0 Å². The van der Waals surface area contributed by atoms with E-state index in [1.54, 1.807) is 0 Å². The minimum Gasteiger partial charge on any atom is -0.406 e. The number of aromatic amines is 1. The molecule has 4 aromatic rings. The number of alkyl halides is 6. The highest BCUT2D eigenvalue weighted by atomic mass is 19.4. The molecule has 5 rings (SSSR count). The largest absolute Gasteiger partial charge is 0.573 e. The molecule has 1 aliphatic rings. The zero-order chi connectivity index (χ0) is 28.9. The minimum absolute atomic E-state index is 0.0442. The highest BCUT2D eigenvalue weighted by Gasteiger charge is 2.53. The molecule has 2 aromatic carbocycles. The maximum Gasteiger partial charge on any atom is 0.573 e. The summed E-state index contributed by atoms with van der Waals surface area (Å²) in [4.78, 5) is 16.6. The van der Waals surface area contributed by atoms with E-state index in [0.717, 1.165) is 30.5 Å². The molecule has 2 N–H and O–H groups in total. The van der Waals surface area contributed by atoms with Gasteiger partial charge in [-0.15, -0.1) is 18.3 Å². The van der Waals surface area contributed by atoms with Crippen molar-refractivity contribution in [2.24, 2.45) is 0 Å². The van der Waals surface area contributed by atoms with Crippen LogP contribution in [0.15, 0.2) is 48.7 Å². The second kappa shape index (κ2) is 9.53. The van der Waals surface area contributed by atoms with Gasteiger partial charge in [-0.1, -0.05) is 18.2 Å². The van der Waals surface area contributed by atoms with Crippen LogP contribution in [-0.2, 0) is 16.4 Å². The molecule has 0 aliphatic heterocycles. The van der Waals surface area contributed by atoms with Crippen molar-refractivity contribution in [2.75, 3.05) is 5.32 Å². The fourth-order valence-electron chi connectivity index (χ4n) is 4.20. The molecule has 0 saturated heterocycles. The summed E-state index contributed by atoms with van der Waals surface area (Å²) in [5.41, 5.74) is -3.40. The number of hydrogen-bond acceptors (Lipinski definition) is 6. The monoisotopic (exact) mass is 570 g/mol. The van der Waals surface area contributed by atoms with E-state index in [1.165, 1.54) is 6.07 Å². The number of halogens is 8. The van der Waals surface area contributed by atoms with Crippen molar-refractivity contribution in [3.05, 3.63) is 71.6 Å². The number of hydrogen-bond donors (Lipinski definition) is 2. The second-order valence-electron chi connectivity index (χ2n) is 8.76. The van der Waals surface area contributed by atoms with E-state index in [4.69, 9.17) is 0 Å². The number of rotatable bonds is 6. The summed E-state index contributed by atoms with van der Waals surface area (Å²) in [5.74, 6) is -4.03. The highest BCUT2D eigenvalue weighted by molar-refractivity contribution is 6.02. The quantitative estimate of drug-likeness (QED) is 0.284. The molecule has 1 fully saturated rings. The van der Waals surface area contributed by atoms with E-state index >= 15 is 4.39 Å². The van der Waals surface area contributed by atoms with Crippen LogP contribution in [0.5, 0.6) is 5.75 Å². The SMILES string of the molecule is O=C(Nc1ccc(-c2ccc(C(F)(F)F)nc2)c(-c2nnn[nH]2)c1F)C1(c2ccc(OC(F)(F)F)cc2F)CC1. The predicted octanol–water partition coefficient (Wildman–Crippen LogP) is 5.79. The number of anilines is 1. The summed E-state index contributed by atoms with van der Waals surface area (Å²) in [6.07, 6.45) is -8.59. The van der Waals surface area contributed by atoms with Crippen molar-refractivity contribution in [3.63, 3.8) is 0 Å². The van der Waals surface area contributed by atoms with Crippen molar-refractivity contribution in [2.45, 2.75) is 30.8 Å². The molecule has 208 valence electrons. The lowest BCUT2D eigenvalue weighted by atomic mass is 9.93. The van der Waals surface area contributed by atoms with Crippen LogP contribution < -0.4 is 10.1 Å². The van der Waals surface area contributed by atoms with Gasteiger partial charge in [0, 0.05) is 23.4 Å². The fraction of sp³-hybridized carbons (Fsp3) is 0.208. The van der Waals surface area contributed by atoms with Crippen LogP contribution in [-0.4, -0.2) is 37.9 Å². The normalized spacial score (nSPS) is 14.6. The van der Waals surface area contributed by atoms with E-state index in [9.17, 15) is 35.5 Å². The molecule has 1 amide bonds. The number of benzene rings is 2. The van der Waals surface area contributed by atoms with Gasteiger partial charge in [0.05, 0.1) is 16.7 Å².